The summed E-state index contributed by atoms with van der Waals surface area (Å²) in [5.41, 5.74) is 7.09. The summed E-state index contributed by atoms with van der Waals surface area (Å²) in [5, 5.41) is 0.974. The number of carbonyl (C=O) groups is 1. The predicted octanol–water partition coefficient (Wildman–Crippen LogP) is 4.84. The van der Waals surface area contributed by atoms with Crippen molar-refractivity contribution in [1.82, 2.24) is 0 Å². The highest BCUT2D eigenvalue weighted by Gasteiger charge is 2.55. The van der Waals surface area contributed by atoms with Gasteiger partial charge in [0.25, 0.3) is 0 Å². The molecule has 122 valence electrons. The number of anilines is 1. The summed E-state index contributed by atoms with van der Waals surface area (Å²) in [6.45, 7) is 0. The molecular weight excluding hydrogens is 310 g/mol. The van der Waals surface area contributed by atoms with Crippen molar-refractivity contribution in [3.63, 3.8) is 0 Å². The fraction of sp³-hybridized carbons (Fsp3) is 0.526. The van der Waals surface area contributed by atoms with Crippen molar-refractivity contribution < 1.29 is 9.21 Å². The molecular formula is C19H22ClNO2. The molecule has 4 saturated carbocycles. The van der Waals surface area contributed by atoms with Crippen LogP contribution in [-0.2, 0) is 0 Å². The number of hydrogen-bond acceptors (Lipinski definition) is 3. The molecule has 0 radical (unpaired) electrons. The van der Waals surface area contributed by atoms with E-state index in [-0.39, 0.29) is 23.6 Å². The van der Waals surface area contributed by atoms with E-state index in [2.05, 4.69) is 0 Å². The molecule has 6 rings (SSSR count). The summed E-state index contributed by atoms with van der Waals surface area (Å²) in [6.07, 6.45) is 7.29. The van der Waals surface area contributed by atoms with Gasteiger partial charge in [0, 0.05) is 22.6 Å². The maximum absolute atomic E-state index is 13.2. The second-order valence-corrected chi connectivity index (χ2v) is 7.93. The van der Waals surface area contributed by atoms with Gasteiger partial charge in [0.1, 0.15) is 5.58 Å². The number of benzene rings is 1. The molecule has 2 N–H and O–H groups in total. The van der Waals surface area contributed by atoms with Gasteiger partial charge in [-0.2, -0.15) is 0 Å². The lowest BCUT2D eigenvalue weighted by Gasteiger charge is -2.55. The van der Waals surface area contributed by atoms with Gasteiger partial charge in [-0.1, -0.05) is 0 Å². The van der Waals surface area contributed by atoms with E-state index in [1.165, 1.54) is 19.3 Å². The molecule has 3 nitrogen and oxygen atoms in total. The smallest absolute Gasteiger partial charge is 0.204 e. The van der Waals surface area contributed by atoms with Gasteiger partial charge >= 0.3 is 0 Å². The Hall–Kier alpha value is -1.48. The number of furan rings is 1. The van der Waals surface area contributed by atoms with Crippen molar-refractivity contribution >= 4 is 34.8 Å². The van der Waals surface area contributed by atoms with Crippen molar-refractivity contribution in [3.05, 3.63) is 30.0 Å². The number of carbonyl (C=O) groups excluding carboxylic acids is 1. The summed E-state index contributed by atoms with van der Waals surface area (Å²) >= 11 is 0. The molecule has 23 heavy (non-hydrogen) atoms. The Morgan fingerprint density at radius 3 is 2.26 bits per heavy atom. The summed E-state index contributed by atoms with van der Waals surface area (Å²) in [4.78, 5) is 13.2. The lowest BCUT2D eigenvalue weighted by molar-refractivity contribution is -0.0364. The van der Waals surface area contributed by atoms with Gasteiger partial charge in [0.05, 0.1) is 0 Å². The number of halogens is 1. The first-order chi connectivity index (χ1) is 10.6. The molecule has 4 fully saturated rings. The van der Waals surface area contributed by atoms with Crippen molar-refractivity contribution in [1.29, 1.82) is 0 Å². The predicted molar refractivity (Wildman–Crippen MR) is 92.8 cm³/mol. The van der Waals surface area contributed by atoms with Crippen molar-refractivity contribution in [2.75, 3.05) is 5.73 Å². The van der Waals surface area contributed by atoms with Crippen LogP contribution < -0.4 is 5.73 Å². The average molecular weight is 332 g/mol. The van der Waals surface area contributed by atoms with Crippen LogP contribution in [0.1, 0.15) is 49.1 Å². The Labute approximate surface area is 142 Å². The summed E-state index contributed by atoms with van der Waals surface area (Å²) in [6, 6.07) is 7.52. The third-order valence-corrected chi connectivity index (χ3v) is 6.29. The zero-order chi connectivity index (χ0) is 14.9. The molecule has 0 aliphatic heterocycles. The minimum Gasteiger partial charge on any atom is -0.453 e. The largest absolute Gasteiger partial charge is 0.453 e. The maximum atomic E-state index is 13.2. The zero-order valence-corrected chi connectivity index (χ0v) is 13.9. The topological polar surface area (TPSA) is 56.2 Å². The second kappa shape index (κ2) is 5.01. The number of hydrogen-bond donors (Lipinski definition) is 1. The van der Waals surface area contributed by atoms with E-state index in [0.29, 0.717) is 11.4 Å². The van der Waals surface area contributed by atoms with E-state index in [1.807, 2.05) is 24.3 Å². The fourth-order valence-corrected chi connectivity index (χ4v) is 5.81. The van der Waals surface area contributed by atoms with Crippen LogP contribution in [0, 0.1) is 23.2 Å². The molecule has 0 unspecified atom stereocenters. The minimum atomic E-state index is -0.131. The molecule has 0 atom stereocenters. The molecule has 4 bridgehead atoms. The molecule has 2 aromatic rings. The Kier molecular flexibility index (Phi) is 3.28. The number of nitrogens with two attached hydrogens (primary N) is 1. The zero-order valence-electron chi connectivity index (χ0n) is 13.1. The first kappa shape index (κ1) is 15.1. The number of nitrogen functional groups attached to an aromatic ring is 1. The lowest BCUT2D eigenvalue weighted by Crippen LogP contribution is -2.49. The van der Waals surface area contributed by atoms with Crippen LogP contribution in [0.2, 0.25) is 0 Å². The monoisotopic (exact) mass is 331 g/mol. The highest BCUT2D eigenvalue weighted by atomic mass is 35.5. The molecule has 1 aromatic heterocycles. The van der Waals surface area contributed by atoms with Gasteiger partial charge in [-0.25, -0.2) is 0 Å². The SMILES string of the molecule is Cl.Nc1ccc2cc(C(=O)C34CC5CC(CC(C5)C3)C4)oc2c1. The van der Waals surface area contributed by atoms with Crippen molar-refractivity contribution in [2.24, 2.45) is 23.2 Å². The Morgan fingerprint density at radius 2 is 1.65 bits per heavy atom. The molecule has 0 spiro atoms. The lowest BCUT2D eigenvalue weighted by atomic mass is 9.48. The number of fused-ring (bicyclic) bond motifs is 1. The van der Waals surface area contributed by atoms with Crippen molar-refractivity contribution in [3.8, 4) is 0 Å². The summed E-state index contributed by atoms with van der Waals surface area (Å²) < 4.78 is 5.87. The van der Waals surface area contributed by atoms with E-state index < -0.39 is 0 Å². The second-order valence-electron chi connectivity index (χ2n) is 7.93. The Bertz CT molecular complexity index is 743. The number of rotatable bonds is 2. The Morgan fingerprint density at radius 1 is 1.04 bits per heavy atom. The minimum absolute atomic E-state index is 0. The van der Waals surface area contributed by atoms with E-state index in [0.717, 1.165) is 48.0 Å². The van der Waals surface area contributed by atoms with Gasteiger partial charge in [0.2, 0.25) is 5.78 Å². The van der Waals surface area contributed by atoms with E-state index in [9.17, 15) is 4.79 Å². The molecule has 0 saturated heterocycles. The first-order valence-electron chi connectivity index (χ1n) is 8.45. The van der Waals surface area contributed by atoms with Crippen LogP contribution in [0.25, 0.3) is 11.0 Å². The molecule has 4 aliphatic carbocycles. The molecule has 1 heterocycles. The highest BCUT2D eigenvalue weighted by Crippen LogP contribution is 2.61. The summed E-state index contributed by atoms with van der Waals surface area (Å²) in [5.74, 6) is 3.12. The third-order valence-electron chi connectivity index (χ3n) is 6.29. The Balaban J connectivity index is 0.00000135. The fourth-order valence-electron chi connectivity index (χ4n) is 5.81. The van der Waals surface area contributed by atoms with Crippen LogP contribution in [0.3, 0.4) is 0 Å². The molecule has 0 amide bonds. The van der Waals surface area contributed by atoms with Crippen LogP contribution in [0.5, 0.6) is 0 Å². The first-order valence-corrected chi connectivity index (χ1v) is 8.45. The quantitative estimate of drug-likeness (QED) is 0.633. The van der Waals surface area contributed by atoms with Crippen LogP contribution in [-0.4, -0.2) is 5.78 Å². The normalized spacial score (nSPS) is 34.5. The van der Waals surface area contributed by atoms with Crippen LogP contribution >= 0.6 is 12.4 Å². The van der Waals surface area contributed by atoms with Gasteiger partial charge in [-0.3, -0.25) is 4.79 Å². The summed E-state index contributed by atoms with van der Waals surface area (Å²) in [7, 11) is 0. The number of ketones is 1. The molecule has 1 aromatic carbocycles. The number of Topliss-reactive ketones (excluding diaryl/α,β-unsaturated/α-hetero) is 1. The van der Waals surface area contributed by atoms with Gasteiger partial charge in [0.15, 0.2) is 5.76 Å². The standard InChI is InChI=1S/C19H21NO2.ClH/c20-15-2-1-14-6-17(22-16(14)7-15)18(21)19-8-11-3-12(9-19)5-13(4-11)10-19;/h1-2,6-7,11-13H,3-5,8-10,20H2;1H. The molecule has 4 aliphatic rings. The maximum Gasteiger partial charge on any atom is 0.204 e. The third kappa shape index (κ3) is 2.20. The molecule has 4 heteroatoms. The van der Waals surface area contributed by atoms with Crippen molar-refractivity contribution in [2.45, 2.75) is 38.5 Å². The van der Waals surface area contributed by atoms with Crippen LogP contribution in [0.15, 0.2) is 28.7 Å². The van der Waals surface area contributed by atoms with E-state index >= 15 is 0 Å². The van der Waals surface area contributed by atoms with Gasteiger partial charge in [-0.05, 0) is 74.5 Å². The average Bonchev–Trinajstić information content (AvgIpc) is 2.87. The van der Waals surface area contributed by atoms with Gasteiger partial charge in [-0.15, -0.1) is 12.4 Å². The highest BCUT2D eigenvalue weighted by molar-refractivity contribution is 6.01. The van der Waals surface area contributed by atoms with Gasteiger partial charge < -0.3 is 10.2 Å². The van der Waals surface area contributed by atoms with Crippen LogP contribution in [0.4, 0.5) is 5.69 Å². The van der Waals surface area contributed by atoms with E-state index in [4.69, 9.17) is 10.2 Å². The van der Waals surface area contributed by atoms with E-state index in [1.54, 1.807) is 0 Å².